The molecule has 0 heterocycles. The van der Waals surface area contributed by atoms with Crippen LogP contribution in [0.15, 0.2) is 48.5 Å². The molecule has 5 heteroatoms. The molecular weight excluding hydrogens is 404 g/mol. The summed E-state index contributed by atoms with van der Waals surface area (Å²) in [6.45, 7) is -1.07. The van der Waals surface area contributed by atoms with Crippen molar-refractivity contribution in [2.45, 2.75) is 64.9 Å². The fraction of sp³-hybridized carbons (Fsp3) is 0.385. The first-order valence-corrected chi connectivity index (χ1v) is 10.9. The SMILES string of the molecule is CCCCCCCc1ccc(CCc2ccc3c(F)c(OC(F)F)c(F)cc3c2)cc1. The van der Waals surface area contributed by atoms with Gasteiger partial charge in [0.15, 0.2) is 17.4 Å². The van der Waals surface area contributed by atoms with Crippen molar-refractivity contribution >= 4 is 10.8 Å². The Morgan fingerprint density at radius 3 is 2.03 bits per heavy atom. The molecular formula is C26H28F4O. The van der Waals surface area contributed by atoms with E-state index in [0.29, 0.717) is 11.8 Å². The Bertz CT molecular complexity index is 983. The summed E-state index contributed by atoms with van der Waals surface area (Å²) in [5.74, 6) is -3.28. The van der Waals surface area contributed by atoms with E-state index in [9.17, 15) is 17.6 Å². The minimum Gasteiger partial charge on any atom is -0.429 e. The van der Waals surface area contributed by atoms with Crippen LogP contribution in [-0.2, 0) is 19.3 Å². The molecule has 0 N–H and O–H groups in total. The Morgan fingerprint density at radius 2 is 1.35 bits per heavy atom. The molecule has 3 aromatic carbocycles. The average molecular weight is 433 g/mol. The molecule has 0 aliphatic carbocycles. The van der Waals surface area contributed by atoms with Crippen molar-refractivity contribution in [1.29, 1.82) is 0 Å². The Kier molecular flexibility index (Phi) is 8.33. The van der Waals surface area contributed by atoms with Crippen LogP contribution in [0.4, 0.5) is 17.6 Å². The van der Waals surface area contributed by atoms with Crippen molar-refractivity contribution in [2.75, 3.05) is 0 Å². The number of fused-ring (bicyclic) bond motifs is 1. The van der Waals surface area contributed by atoms with Gasteiger partial charge in [-0.3, -0.25) is 0 Å². The zero-order chi connectivity index (χ0) is 22.2. The van der Waals surface area contributed by atoms with Crippen LogP contribution < -0.4 is 4.74 Å². The molecule has 0 aromatic heterocycles. The number of unbranched alkanes of at least 4 members (excludes halogenated alkanes) is 4. The lowest BCUT2D eigenvalue weighted by atomic mass is 9.99. The quantitative estimate of drug-likeness (QED) is 0.220. The van der Waals surface area contributed by atoms with Crippen molar-refractivity contribution in [3.8, 4) is 5.75 Å². The summed E-state index contributed by atoms with van der Waals surface area (Å²) >= 11 is 0. The Morgan fingerprint density at radius 1 is 0.742 bits per heavy atom. The predicted molar refractivity (Wildman–Crippen MR) is 117 cm³/mol. The van der Waals surface area contributed by atoms with Gasteiger partial charge in [0.25, 0.3) is 0 Å². The van der Waals surface area contributed by atoms with Gasteiger partial charge in [0.2, 0.25) is 0 Å². The van der Waals surface area contributed by atoms with Crippen LogP contribution in [0.2, 0.25) is 0 Å². The van der Waals surface area contributed by atoms with E-state index in [2.05, 4.69) is 35.9 Å². The molecule has 0 aliphatic heterocycles. The third kappa shape index (κ3) is 6.46. The number of rotatable bonds is 11. The molecule has 3 rings (SSSR count). The zero-order valence-electron chi connectivity index (χ0n) is 17.8. The normalized spacial score (nSPS) is 11.4. The van der Waals surface area contributed by atoms with Crippen molar-refractivity contribution in [1.82, 2.24) is 0 Å². The standard InChI is InChI=1S/C26H28F4O/c1-2-3-4-5-6-7-18-8-10-19(11-9-18)12-13-20-14-15-22-21(16-20)17-23(27)25(24(22)28)31-26(29)30/h8-11,14-17,26H,2-7,12-13H2,1H3. The number of benzene rings is 3. The number of ether oxygens (including phenoxy) is 1. The van der Waals surface area contributed by atoms with Gasteiger partial charge in [0.1, 0.15) is 0 Å². The summed E-state index contributed by atoms with van der Waals surface area (Å²) < 4.78 is 57.1. The average Bonchev–Trinajstić information content (AvgIpc) is 2.75. The maximum absolute atomic E-state index is 14.4. The minimum absolute atomic E-state index is 0.0593. The Balaban J connectivity index is 1.60. The molecule has 0 radical (unpaired) electrons. The van der Waals surface area contributed by atoms with Crippen LogP contribution in [0.3, 0.4) is 0 Å². The molecule has 31 heavy (non-hydrogen) atoms. The highest BCUT2D eigenvalue weighted by atomic mass is 19.3. The first-order chi connectivity index (χ1) is 15.0. The van der Waals surface area contributed by atoms with Gasteiger partial charge in [0.05, 0.1) is 0 Å². The topological polar surface area (TPSA) is 9.23 Å². The van der Waals surface area contributed by atoms with Gasteiger partial charge in [-0.25, -0.2) is 8.78 Å². The van der Waals surface area contributed by atoms with Crippen molar-refractivity contribution < 1.29 is 22.3 Å². The Hall–Kier alpha value is -2.56. The molecule has 0 fully saturated rings. The number of aryl methyl sites for hydroxylation is 3. The number of hydrogen-bond donors (Lipinski definition) is 0. The summed E-state index contributed by atoms with van der Waals surface area (Å²) in [6, 6.07) is 14.6. The van der Waals surface area contributed by atoms with Crippen molar-refractivity contribution in [2.24, 2.45) is 0 Å². The molecule has 0 spiro atoms. The van der Waals surface area contributed by atoms with E-state index in [1.54, 1.807) is 12.1 Å². The van der Waals surface area contributed by atoms with Crippen LogP contribution in [0, 0.1) is 11.6 Å². The minimum atomic E-state index is -3.28. The lowest BCUT2D eigenvalue weighted by Gasteiger charge is -2.11. The molecule has 3 aromatic rings. The van der Waals surface area contributed by atoms with Crippen LogP contribution in [0.25, 0.3) is 10.8 Å². The molecule has 0 amide bonds. The highest BCUT2D eigenvalue weighted by Gasteiger charge is 2.18. The summed E-state index contributed by atoms with van der Waals surface area (Å²) in [5.41, 5.74) is 3.47. The van der Waals surface area contributed by atoms with E-state index < -0.39 is 24.0 Å². The fourth-order valence-electron chi connectivity index (χ4n) is 3.81. The maximum atomic E-state index is 14.4. The van der Waals surface area contributed by atoms with Crippen LogP contribution in [0.1, 0.15) is 55.7 Å². The molecule has 0 saturated carbocycles. The summed E-state index contributed by atoms with van der Waals surface area (Å²) in [4.78, 5) is 0. The first-order valence-electron chi connectivity index (χ1n) is 10.9. The monoisotopic (exact) mass is 432 g/mol. The van der Waals surface area contributed by atoms with E-state index in [0.717, 1.165) is 24.5 Å². The third-order valence-corrected chi connectivity index (χ3v) is 5.55. The molecule has 0 saturated heterocycles. The van der Waals surface area contributed by atoms with E-state index >= 15 is 0 Å². The van der Waals surface area contributed by atoms with E-state index in [4.69, 9.17) is 0 Å². The van der Waals surface area contributed by atoms with Crippen molar-refractivity contribution in [3.63, 3.8) is 0 Å². The number of hydrogen-bond acceptors (Lipinski definition) is 1. The van der Waals surface area contributed by atoms with Gasteiger partial charge >= 0.3 is 6.61 Å². The van der Waals surface area contributed by atoms with Gasteiger partial charge < -0.3 is 4.74 Å². The highest BCUT2D eigenvalue weighted by molar-refractivity contribution is 5.85. The number of alkyl halides is 2. The summed E-state index contributed by atoms with van der Waals surface area (Å²) in [6.07, 6.45) is 8.96. The van der Waals surface area contributed by atoms with Gasteiger partial charge in [-0.15, -0.1) is 0 Å². The van der Waals surface area contributed by atoms with Crippen molar-refractivity contribution in [3.05, 3.63) is 76.9 Å². The zero-order valence-corrected chi connectivity index (χ0v) is 17.8. The molecule has 166 valence electrons. The van der Waals surface area contributed by atoms with Crippen LogP contribution in [0.5, 0.6) is 5.75 Å². The summed E-state index contributed by atoms with van der Waals surface area (Å²) in [7, 11) is 0. The van der Waals surface area contributed by atoms with E-state index in [-0.39, 0.29) is 5.39 Å². The van der Waals surface area contributed by atoms with Gasteiger partial charge in [-0.2, -0.15) is 8.78 Å². The lowest BCUT2D eigenvalue weighted by molar-refractivity contribution is -0.0544. The van der Waals surface area contributed by atoms with Gasteiger partial charge in [0, 0.05) is 5.39 Å². The maximum Gasteiger partial charge on any atom is 0.387 e. The molecule has 0 aliphatic rings. The lowest BCUT2D eigenvalue weighted by Crippen LogP contribution is -2.06. The van der Waals surface area contributed by atoms with E-state index in [1.165, 1.54) is 49.3 Å². The summed E-state index contributed by atoms with van der Waals surface area (Å²) in [5, 5.41) is 0.386. The molecule has 0 bridgehead atoms. The van der Waals surface area contributed by atoms with Gasteiger partial charge in [-0.1, -0.05) is 75.1 Å². The fourth-order valence-corrected chi connectivity index (χ4v) is 3.81. The number of halogens is 4. The third-order valence-electron chi connectivity index (χ3n) is 5.55. The molecule has 0 atom stereocenters. The first kappa shape index (κ1) is 23.1. The Labute approximate surface area is 181 Å². The van der Waals surface area contributed by atoms with Crippen LogP contribution in [-0.4, -0.2) is 6.61 Å². The largest absolute Gasteiger partial charge is 0.429 e. The van der Waals surface area contributed by atoms with E-state index in [1.807, 2.05) is 0 Å². The predicted octanol–water partition coefficient (Wildman–Crippen LogP) is 8.02. The van der Waals surface area contributed by atoms with Crippen LogP contribution >= 0.6 is 0 Å². The smallest absolute Gasteiger partial charge is 0.387 e. The highest BCUT2D eigenvalue weighted by Crippen LogP contribution is 2.31. The molecule has 0 unspecified atom stereocenters. The second kappa shape index (κ2) is 11.2. The second-order valence-electron chi connectivity index (χ2n) is 7.92. The molecule has 1 nitrogen and oxygen atoms in total. The van der Waals surface area contributed by atoms with Gasteiger partial charge in [-0.05, 0) is 53.8 Å². The second-order valence-corrected chi connectivity index (χ2v) is 7.92.